The Morgan fingerprint density at radius 3 is 2.58 bits per heavy atom. The van der Waals surface area contributed by atoms with Crippen LogP contribution in [0, 0.1) is 13.8 Å². The van der Waals surface area contributed by atoms with Gasteiger partial charge in [0.1, 0.15) is 6.04 Å². The number of benzene rings is 1. The number of fused-ring (bicyclic) bond motifs is 1. The third-order valence-corrected chi connectivity index (χ3v) is 6.05. The molecule has 3 aromatic rings. The first-order valence-electron chi connectivity index (χ1n) is 10.7. The van der Waals surface area contributed by atoms with E-state index in [4.69, 9.17) is 4.74 Å². The molecule has 0 unspecified atom stereocenters. The minimum atomic E-state index is -0.429. The van der Waals surface area contributed by atoms with Crippen molar-refractivity contribution in [2.24, 2.45) is 0 Å². The molecule has 0 bridgehead atoms. The maximum Gasteiger partial charge on any atom is 0.281 e. The summed E-state index contributed by atoms with van der Waals surface area (Å²) in [5, 5.41) is 8.79. The zero-order valence-electron chi connectivity index (χ0n) is 18.3. The number of nitrogens with one attached hydrogen (secondary N) is 1. The van der Waals surface area contributed by atoms with E-state index >= 15 is 0 Å². The van der Waals surface area contributed by atoms with Crippen LogP contribution < -0.4 is 10.9 Å². The zero-order valence-corrected chi connectivity index (χ0v) is 18.3. The molecule has 4 rings (SSSR count). The Balaban J connectivity index is 1.57. The molecule has 2 aromatic heterocycles. The Kier molecular flexibility index (Phi) is 6.20. The maximum atomic E-state index is 13.2. The predicted molar refractivity (Wildman–Crippen MR) is 120 cm³/mol. The third kappa shape index (κ3) is 4.13. The van der Waals surface area contributed by atoms with Crippen LogP contribution in [-0.2, 0) is 9.53 Å². The van der Waals surface area contributed by atoms with Crippen LogP contribution in [0.2, 0.25) is 0 Å². The van der Waals surface area contributed by atoms with Crippen molar-refractivity contribution in [3.8, 4) is 5.69 Å². The van der Waals surface area contributed by atoms with Gasteiger partial charge in [-0.15, -0.1) is 0 Å². The van der Waals surface area contributed by atoms with Crippen LogP contribution in [0.25, 0.3) is 16.5 Å². The van der Waals surface area contributed by atoms with E-state index in [0.717, 1.165) is 49.6 Å². The minimum Gasteiger partial charge on any atom is -0.379 e. The average Bonchev–Trinajstić information content (AvgIpc) is 3.05. The predicted octanol–water partition coefficient (Wildman–Crippen LogP) is 1.81. The lowest BCUT2D eigenvalue weighted by Gasteiger charge is -2.27. The SMILES string of the molecule is Cc1c2cnn(-c3ccccc3)c(=O)c2c(C)n1[C@@H](C)C(=O)NCCN1CCOCC1. The number of aryl methyl sites for hydroxylation is 2. The molecule has 8 heteroatoms. The number of amides is 1. The Hall–Kier alpha value is -2.97. The van der Waals surface area contributed by atoms with Crippen LogP contribution in [0.1, 0.15) is 24.4 Å². The van der Waals surface area contributed by atoms with Crippen LogP contribution in [0.3, 0.4) is 0 Å². The first-order chi connectivity index (χ1) is 15.0. The van der Waals surface area contributed by atoms with Gasteiger partial charge in [0.2, 0.25) is 5.91 Å². The van der Waals surface area contributed by atoms with Crippen molar-refractivity contribution < 1.29 is 9.53 Å². The summed E-state index contributed by atoms with van der Waals surface area (Å²) in [5.74, 6) is -0.0592. The van der Waals surface area contributed by atoms with Gasteiger partial charge in [-0.3, -0.25) is 14.5 Å². The van der Waals surface area contributed by atoms with Gasteiger partial charge in [0.05, 0.1) is 30.5 Å². The van der Waals surface area contributed by atoms with Crippen molar-refractivity contribution in [2.75, 3.05) is 39.4 Å². The summed E-state index contributed by atoms with van der Waals surface area (Å²) in [6, 6.07) is 8.92. The molecule has 0 aliphatic carbocycles. The molecule has 1 fully saturated rings. The second-order valence-electron chi connectivity index (χ2n) is 7.95. The number of rotatable bonds is 6. The first-order valence-corrected chi connectivity index (χ1v) is 10.7. The lowest BCUT2D eigenvalue weighted by molar-refractivity contribution is -0.124. The lowest BCUT2D eigenvalue weighted by atomic mass is 10.2. The summed E-state index contributed by atoms with van der Waals surface area (Å²) in [7, 11) is 0. The molecule has 1 N–H and O–H groups in total. The smallest absolute Gasteiger partial charge is 0.281 e. The summed E-state index contributed by atoms with van der Waals surface area (Å²) < 4.78 is 8.71. The molecule has 0 radical (unpaired) electrons. The number of ether oxygens (including phenoxy) is 1. The molecule has 1 amide bonds. The number of morpholine rings is 1. The molecule has 31 heavy (non-hydrogen) atoms. The molecule has 1 aliphatic heterocycles. The molecule has 3 heterocycles. The van der Waals surface area contributed by atoms with Crippen molar-refractivity contribution in [2.45, 2.75) is 26.8 Å². The monoisotopic (exact) mass is 423 g/mol. The highest BCUT2D eigenvalue weighted by Crippen LogP contribution is 2.26. The largest absolute Gasteiger partial charge is 0.379 e. The number of carbonyl (C=O) groups is 1. The van der Waals surface area contributed by atoms with Crippen molar-refractivity contribution in [1.82, 2.24) is 24.6 Å². The number of hydrogen-bond donors (Lipinski definition) is 1. The van der Waals surface area contributed by atoms with Gasteiger partial charge in [0.25, 0.3) is 5.56 Å². The van der Waals surface area contributed by atoms with E-state index in [1.54, 1.807) is 6.20 Å². The molecular weight excluding hydrogens is 394 g/mol. The van der Waals surface area contributed by atoms with Gasteiger partial charge in [0.15, 0.2) is 0 Å². The van der Waals surface area contributed by atoms with E-state index < -0.39 is 6.04 Å². The second kappa shape index (κ2) is 9.03. The topological polar surface area (TPSA) is 81.4 Å². The Bertz CT molecular complexity index is 1130. The fourth-order valence-electron chi connectivity index (χ4n) is 4.34. The van der Waals surface area contributed by atoms with Crippen LogP contribution in [0.15, 0.2) is 41.3 Å². The molecule has 1 saturated heterocycles. The van der Waals surface area contributed by atoms with E-state index in [0.29, 0.717) is 17.6 Å². The highest BCUT2D eigenvalue weighted by molar-refractivity contribution is 5.89. The van der Waals surface area contributed by atoms with E-state index in [1.165, 1.54) is 4.68 Å². The summed E-state index contributed by atoms with van der Waals surface area (Å²) in [4.78, 5) is 28.4. The van der Waals surface area contributed by atoms with Crippen molar-refractivity contribution in [3.05, 3.63) is 58.3 Å². The van der Waals surface area contributed by atoms with Gasteiger partial charge in [-0.05, 0) is 32.9 Å². The summed E-state index contributed by atoms with van der Waals surface area (Å²) >= 11 is 0. The summed E-state index contributed by atoms with van der Waals surface area (Å²) in [5.41, 5.74) is 2.18. The highest BCUT2D eigenvalue weighted by Gasteiger charge is 2.23. The van der Waals surface area contributed by atoms with Crippen LogP contribution in [0.4, 0.5) is 0 Å². The molecule has 164 valence electrons. The number of para-hydroxylation sites is 1. The van der Waals surface area contributed by atoms with Crippen LogP contribution in [-0.4, -0.2) is 64.5 Å². The van der Waals surface area contributed by atoms with Gasteiger partial charge in [-0.25, -0.2) is 0 Å². The lowest BCUT2D eigenvalue weighted by Crippen LogP contribution is -2.42. The Morgan fingerprint density at radius 2 is 1.87 bits per heavy atom. The average molecular weight is 424 g/mol. The van der Waals surface area contributed by atoms with Gasteiger partial charge >= 0.3 is 0 Å². The van der Waals surface area contributed by atoms with Crippen molar-refractivity contribution >= 4 is 16.7 Å². The zero-order chi connectivity index (χ0) is 22.0. The molecule has 1 aliphatic rings. The molecular formula is C23H29N5O3. The summed E-state index contributed by atoms with van der Waals surface area (Å²) in [6.45, 7) is 10.4. The van der Waals surface area contributed by atoms with Crippen LogP contribution in [0.5, 0.6) is 0 Å². The summed E-state index contributed by atoms with van der Waals surface area (Å²) in [6.07, 6.45) is 1.71. The number of carbonyl (C=O) groups excluding carboxylic acids is 1. The van der Waals surface area contributed by atoms with Crippen LogP contribution >= 0.6 is 0 Å². The van der Waals surface area contributed by atoms with Gasteiger partial charge in [0, 0.05) is 43.0 Å². The van der Waals surface area contributed by atoms with Gasteiger partial charge in [-0.2, -0.15) is 9.78 Å². The minimum absolute atomic E-state index is 0.0592. The fourth-order valence-corrected chi connectivity index (χ4v) is 4.34. The van der Waals surface area contributed by atoms with Crippen molar-refractivity contribution in [3.63, 3.8) is 0 Å². The van der Waals surface area contributed by atoms with E-state index in [1.807, 2.05) is 55.7 Å². The molecule has 8 nitrogen and oxygen atoms in total. The molecule has 1 atom stereocenters. The maximum absolute atomic E-state index is 13.2. The number of aromatic nitrogens is 3. The fraction of sp³-hybridized carbons (Fsp3) is 0.435. The number of hydrogen-bond acceptors (Lipinski definition) is 5. The first kappa shape index (κ1) is 21.3. The van der Waals surface area contributed by atoms with E-state index in [2.05, 4.69) is 15.3 Å². The molecule has 1 aromatic carbocycles. The highest BCUT2D eigenvalue weighted by atomic mass is 16.5. The third-order valence-electron chi connectivity index (χ3n) is 6.05. The number of nitrogens with zero attached hydrogens (tertiary/aromatic N) is 4. The normalized spacial score (nSPS) is 15.8. The van der Waals surface area contributed by atoms with Crippen molar-refractivity contribution in [1.29, 1.82) is 0 Å². The second-order valence-corrected chi connectivity index (χ2v) is 7.95. The Labute approximate surface area is 181 Å². The Morgan fingerprint density at radius 1 is 1.16 bits per heavy atom. The van der Waals surface area contributed by atoms with E-state index in [-0.39, 0.29) is 11.5 Å². The van der Waals surface area contributed by atoms with Gasteiger partial charge in [-0.1, -0.05) is 18.2 Å². The molecule has 0 spiro atoms. The quantitative estimate of drug-likeness (QED) is 0.654. The van der Waals surface area contributed by atoms with E-state index in [9.17, 15) is 9.59 Å². The molecule has 0 saturated carbocycles. The van der Waals surface area contributed by atoms with Gasteiger partial charge < -0.3 is 14.6 Å². The standard InChI is InChI=1S/C23H29N5O3/c1-16-20-15-25-28(19-7-5-4-6-8-19)23(30)21(20)17(2)27(16)18(3)22(29)24-9-10-26-11-13-31-14-12-26/h4-8,15,18H,9-14H2,1-3H3,(H,24,29)/t18-/m0/s1.